The second-order valence-corrected chi connectivity index (χ2v) is 5.25. The zero-order chi connectivity index (χ0) is 11.2. The Labute approximate surface area is 102 Å². The number of nitrogens with one attached hydrogen (secondary N) is 1. The van der Waals surface area contributed by atoms with Crippen LogP contribution in [0.25, 0.3) is 0 Å². The van der Waals surface area contributed by atoms with Gasteiger partial charge in [-0.3, -0.25) is 0 Å². The third kappa shape index (κ3) is 3.30. The predicted molar refractivity (Wildman–Crippen MR) is 69.1 cm³/mol. The van der Waals surface area contributed by atoms with Gasteiger partial charge in [-0.25, -0.2) is 0 Å². The highest BCUT2D eigenvalue weighted by atomic mass is 32.1. The van der Waals surface area contributed by atoms with E-state index in [9.17, 15) is 0 Å². The summed E-state index contributed by atoms with van der Waals surface area (Å²) in [7, 11) is 2.05. The van der Waals surface area contributed by atoms with E-state index in [0.717, 1.165) is 13.0 Å². The lowest BCUT2D eigenvalue weighted by atomic mass is 9.92. The van der Waals surface area contributed by atoms with Crippen LogP contribution in [-0.2, 0) is 11.2 Å². The van der Waals surface area contributed by atoms with Gasteiger partial charge in [0.1, 0.15) is 0 Å². The Hall–Kier alpha value is -0.380. The van der Waals surface area contributed by atoms with Crippen LogP contribution in [0.2, 0.25) is 0 Å². The standard InChI is InChI=1S/C13H21NOS/c1-14-12-4-2-3-5-13(12)15-8-6-11-7-9-16-10-11/h7,9-10,12-14H,2-6,8H2,1H3. The molecule has 3 heteroatoms. The van der Waals surface area contributed by atoms with E-state index >= 15 is 0 Å². The Kier molecular flexibility index (Phi) is 4.82. The molecule has 16 heavy (non-hydrogen) atoms. The van der Waals surface area contributed by atoms with Crippen LogP contribution in [0.3, 0.4) is 0 Å². The number of hydrogen-bond donors (Lipinski definition) is 1. The summed E-state index contributed by atoms with van der Waals surface area (Å²) in [6.07, 6.45) is 6.62. The third-order valence-corrected chi connectivity index (χ3v) is 4.11. The first-order valence-electron chi connectivity index (χ1n) is 6.20. The first kappa shape index (κ1) is 12.1. The monoisotopic (exact) mass is 239 g/mol. The molecular formula is C13H21NOS. The van der Waals surface area contributed by atoms with Gasteiger partial charge in [-0.2, -0.15) is 11.3 Å². The van der Waals surface area contributed by atoms with Gasteiger partial charge in [0.25, 0.3) is 0 Å². The molecule has 2 rings (SSSR count). The molecule has 0 radical (unpaired) electrons. The average Bonchev–Trinajstić information content (AvgIpc) is 2.83. The van der Waals surface area contributed by atoms with Crippen molar-refractivity contribution in [3.63, 3.8) is 0 Å². The van der Waals surface area contributed by atoms with Crippen LogP contribution in [0.15, 0.2) is 16.8 Å². The van der Waals surface area contributed by atoms with Gasteiger partial charge >= 0.3 is 0 Å². The van der Waals surface area contributed by atoms with Crippen LogP contribution in [-0.4, -0.2) is 25.8 Å². The molecule has 2 unspecified atom stereocenters. The summed E-state index contributed by atoms with van der Waals surface area (Å²) in [5.74, 6) is 0. The molecule has 1 aliphatic carbocycles. The van der Waals surface area contributed by atoms with Crippen molar-refractivity contribution in [2.75, 3.05) is 13.7 Å². The van der Waals surface area contributed by atoms with E-state index in [0.29, 0.717) is 12.1 Å². The Balaban J connectivity index is 1.71. The highest BCUT2D eigenvalue weighted by molar-refractivity contribution is 7.07. The van der Waals surface area contributed by atoms with Crippen molar-refractivity contribution in [2.24, 2.45) is 0 Å². The Morgan fingerprint density at radius 2 is 2.31 bits per heavy atom. The molecule has 1 aromatic heterocycles. The Morgan fingerprint density at radius 1 is 1.44 bits per heavy atom. The fraction of sp³-hybridized carbons (Fsp3) is 0.692. The van der Waals surface area contributed by atoms with Gasteiger partial charge in [-0.1, -0.05) is 12.8 Å². The van der Waals surface area contributed by atoms with Gasteiger partial charge in [0, 0.05) is 6.04 Å². The molecule has 0 aromatic carbocycles. The van der Waals surface area contributed by atoms with E-state index < -0.39 is 0 Å². The second kappa shape index (κ2) is 6.38. The minimum atomic E-state index is 0.428. The summed E-state index contributed by atoms with van der Waals surface area (Å²) in [5, 5.41) is 7.71. The first-order chi connectivity index (χ1) is 7.90. The second-order valence-electron chi connectivity index (χ2n) is 4.47. The molecule has 0 spiro atoms. The molecule has 1 heterocycles. The topological polar surface area (TPSA) is 21.3 Å². The number of rotatable bonds is 5. The summed E-state index contributed by atoms with van der Waals surface area (Å²) in [6.45, 7) is 0.861. The first-order valence-corrected chi connectivity index (χ1v) is 7.14. The molecule has 90 valence electrons. The molecule has 0 amide bonds. The summed E-state index contributed by atoms with van der Waals surface area (Å²) < 4.78 is 6.00. The summed E-state index contributed by atoms with van der Waals surface area (Å²) in [6, 6.07) is 2.75. The smallest absolute Gasteiger partial charge is 0.0728 e. The minimum absolute atomic E-state index is 0.428. The third-order valence-electron chi connectivity index (χ3n) is 3.38. The van der Waals surface area contributed by atoms with Gasteiger partial charge in [0.05, 0.1) is 12.7 Å². The van der Waals surface area contributed by atoms with Crippen LogP contribution in [0.5, 0.6) is 0 Å². The molecule has 0 saturated heterocycles. The molecule has 1 aromatic rings. The zero-order valence-electron chi connectivity index (χ0n) is 9.95. The quantitative estimate of drug-likeness (QED) is 0.853. The number of hydrogen-bond acceptors (Lipinski definition) is 3. The molecule has 1 N–H and O–H groups in total. The largest absolute Gasteiger partial charge is 0.376 e. The van der Waals surface area contributed by atoms with Crippen molar-refractivity contribution in [3.05, 3.63) is 22.4 Å². The Bertz CT molecular complexity index is 286. The van der Waals surface area contributed by atoms with Crippen LogP contribution in [0.4, 0.5) is 0 Å². The lowest BCUT2D eigenvalue weighted by molar-refractivity contribution is 0.00880. The molecule has 2 atom stereocenters. The maximum atomic E-state index is 6.00. The van der Waals surface area contributed by atoms with Gasteiger partial charge in [-0.05, 0) is 48.7 Å². The van der Waals surface area contributed by atoms with Crippen molar-refractivity contribution in [2.45, 2.75) is 44.2 Å². The minimum Gasteiger partial charge on any atom is -0.376 e. The molecule has 1 aliphatic rings. The maximum Gasteiger partial charge on any atom is 0.0728 e. The molecular weight excluding hydrogens is 218 g/mol. The lowest BCUT2D eigenvalue weighted by Gasteiger charge is -2.31. The zero-order valence-corrected chi connectivity index (χ0v) is 10.8. The molecule has 1 saturated carbocycles. The predicted octanol–water partition coefficient (Wildman–Crippen LogP) is 2.84. The van der Waals surface area contributed by atoms with Gasteiger partial charge in [0.2, 0.25) is 0 Å². The van der Waals surface area contributed by atoms with Crippen LogP contribution < -0.4 is 5.32 Å². The van der Waals surface area contributed by atoms with Gasteiger partial charge in [-0.15, -0.1) is 0 Å². The summed E-state index contributed by atoms with van der Waals surface area (Å²) >= 11 is 1.76. The van der Waals surface area contributed by atoms with E-state index in [2.05, 4.69) is 22.1 Å². The van der Waals surface area contributed by atoms with Crippen molar-refractivity contribution in [1.82, 2.24) is 5.32 Å². The van der Waals surface area contributed by atoms with Crippen LogP contribution in [0.1, 0.15) is 31.2 Å². The van der Waals surface area contributed by atoms with E-state index in [1.807, 2.05) is 7.05 Å². The van der Waals surface area contributed by atoms with Crippen molar-refractivity contribution in [1.29, 1.82) is 0 Å². The lowest BCUT2D eigenvalue weighted by Crippen LogP contribution is -2.42. The fourth-order valence-electron chi connectivity index (χ4n) is 2.39. The SMILES string of the molecule is CNC1CCCCC1OCCc1ccsc1. The van der Waals surface area contributed by atoms with Gasteiger partial charge < -0.3 is 10.1 Å². The van der Waals surface area contributed by atoms with Crippen LogP contribution in [0, 0.1) is 0 Å². The maximum absolute atomic E-state index is 6.00. The average molecular weight is 239 g/mol. The van der Waals surface area contributed by atoms with Gasteiger partial charge in [0.15, 0.2) is 0 Å². The highest BCUT2D eigenvalue weighted by Gasteiger charge is 2.23. The molecule has 1 fully saturated rings. The number of likely N-dealkylation sites (N-methyl/N-ethyl adjacent to an activating group) is 1. The normalized spacial score (nSPS) is 25.8. The number of thiophene rings is 1. The number of ether oxygens (including phenoxy) is 1. The Morgan fingerprint density at radius 3 is 3.06 bits per heavy atom. The summed E-state index contributed by atoms with van der Waals surface area (Å²) in [5.41, 5.74) is 1.40. The van der Waals surface area contributed by atoms with Crippen molar-refractivity contribution in [3.8, 4) is 0 Å². The summed E-state index contributed by atoms with van der Waals surface area (Å²) in [4.78, 5) is 0. The van der Waals surface area contributed by atoms with Crippen molar-refractivity contribution < 1.29 is 4.74 Å². The molecule has 2 nitrogen and oxygen atoms in total. The fourth-order valence-corrected chi connectivity index (χ4v) is 3.09. The van der Waals surface area contributed by atoms with Crippen LogP contribution >= 0.6 is 11.3 Å². The van der Waals surface area contributed by atoms with E-state index in [4.69, 9.17) is 4.74 Å². The molecule has 0 aliphatic heterocycles. The van der Waals surface area contributed by atoms with E-state index in [1.165, 1.54) is 31.2 Å². The van der Waals surface area contributed by atoms with E-state index in [-0.39, 0.29) is 0 Å². The van der Waals surface area contributed by atoms with Crippen molar-refractivity contribution >= 4 is 11.3 Å². The molecule has 0 bridgehead atoms. The highest BCUT2D eigenvalue weighted by Crippen LogP contribution is 2.21. The van der Waals surface area contributed by atoms with E-state index in [1.54, 1.807) is 11.3 Å².